The van der Waals surface area contributed by atoms with E-state index < -0.39 is 15.7 Å². The molecule has 0 unspecified atom stereocenters. The highest BCUT2D eigenvalue weighted by molar-refractivity contribution is 7.90. The predicted octanol–water partition coefficient (Wildman–Crippen LogP) is 2.12. The Labute approximate surface area is 135 Å². The summed E-state index contributed by atoms with van der Waals surface area (Å²) in [6.45, 7) is -0.219. The number of para-hydroxylation sites is 2. The van der Waals surface area contributed by atoms with Gasteiger partial charge in [-0.05, 0) is 30.3 Å². The zero-order valence-corrected chi connectivity index (χ0v) is 13.6. The number of ether oxygens (including phenoxy) is 2. The number of amides is 1. The van der Waals surface area contributed by atoms with Gasteiger partial charge in [-0.2, -0.15) is 0 Å². The van der Waals surface area contributed by atoms with Gasteiger partial charge in [-0.1, -0.05) is 18.2 Å². The van der Waals surface area contributed by atoms with Crippen molar-refractivity contribution in [3.63, 3.8) is 0 Å². The highest BCUT2D eigenvalue weighted by Gasteiger charge is 2.10. The average molecular weight is 335 g/mol. The van der Waals surface area contributed by atoms with Crippen molar-refractivity contribution >= 4 is 21.4 Å². The standard InChI is InChI=1S/C16H17NO5S/c1-21-14-8-3-4-9-15(14)22-11-16(18)17-12-6-5-7-13(10-12)23(2,19)20/h3-10H,11H2,1-2H3,(H,17,18). The molecule has 7 heteroatoms. The van der Waals surface area contributed by atoms with Crippen LogP contribution in [0.5, 0.6) is 11.5 Å². The van der Waals surface area contributed by atoms with Crippen LogP contribution in [0.25, 0.3) is 0 Å². The number of hydrogen-bond donors (Lipinski definition) is 1. The second kappa shape index (κ2) is 7.15. The summed E-state index contributed by atoms with van der Waals surface area (Å²) >= 11 is 0. The SMILES string of the molecule is COc1ccccc1OCC(=O)Nc1cccc(S(C)(=O)=O)c1. The Hall–Kier alpha value is -2.54. The van der Waals surface area contributed by atoms with Crippen LogP contribution in [0.4, 0.5) is 5.69 Å². The molecule has 2 rings (SSSR count). The number of hydrogen-bond acceptors (Lipinski definition) is 5. The molecule has 0 aromatic heterocycles. The number of benzene rings is 2. The second-order valence-electron chi connectivity index (χ2n) is 4.79. The largest absolute Gasteiger partial charge is 0.493 e. The van der Waals surface area contributed by atoms with E-state index in [1.54, 1.807) is 36.4 Å². The maximum absolute atomic E-state index is 11.9. The molecule has 6 nitrogen and oxygen atoms in total. The molecule has 0 aliphatic heterocycles. The van der Waals surface area contributed by atoms with Crippen molar-refractivity contribution in [1.82, 2.24) is 0 Å². The Morgan fingerprint density at radius 2 is 1.78 bits per heavy atom. The van der Waals surface area contributed by atoms with Crippen molar-refractivity contribution in [3.05, 3.63) is 48.5 Å². The molecule has 0 aliphatic carbocycles. The summed E-state index contributed by atoms with van der Waals surface area (Å²) in [6, 6.07) is 13.0. The maximum atomic E-state index is 11.9. The lowest BCUT2D eigenvalue weighted by molar-refractivity contribution is -0.118. The Morgan fingerprint density at radius 1 is 1.09 bits per heavy atom. The minimum Gasteiger partial charge on any atom is -0.493 e. The molecule has 2 aromatic carbocycles. The molecule has 0 heterocycles. The van der Waals surface area contributed by atoms with Crippen LogP contribution in [0.3, 0.4) is 0 Å². The number of rotatable bonds is 6. The number of sulfone groups is 1. The summed E-state index contributed by atoms with van der Waals surface area (Å²) in [5.74, 6) is 0.580. The van der Waals surface area contributed by atoms with Crippen molar-refractivity contribution in [2.75, 3.05) is 25.3 Å². The third kappa shape index (κ3) is 4.72. The van der Waals surface area contributed by atoms with E-state index in [1.165, 1.54) is 19.2 Å². The zero-order chi connectivity index (χ0) is 16.9. The fourth-order valence-corrected chi connectivity index (χ4v) is 2.55. The van der Waals surface area contributed by atoms with Crippen LogP contribution in [0.15, 0.2) is 53.4 Å². The maximum Gasteiger partial charge on any atom is 0.262 e. The molecule has 2 aromatic rings. The van der Waals surface area contributed by atoms with Crippen LogP contribution in [0.2, 0.25) is 0 Å². The summed E-state index contributed by atoms with van der Waals surface area (Å²) in [4.78, 5) is 12.1. The first kappa shape index (κ1) is 16.8. The Morgan fingerprint density at radius 3 is 2.43 bits per heavy atom. The Balaban J connectivity index is 2.00. The summed E-state index contributed by atoms with van der Waals surface area (Å²) in [5.41, 5.74) is 0.390. The molecule has 0 fully saturated rings. The first-order valence-electron chi connectivity index (χ1n) is 6.76. The van der Waals surface area contributed by atoms with Crippen molar-refractivity contribution in [2.45, 2.75) is 4.90 Å². The van der Waals surface area contributed by atoms with Crippen LogP contribution in [-0.2, 0) is 14.6 Å². The molecule has 0 saturated carbocycles. The average Bonchev–Trinajstić information content (AvgIpc) is 2.52. The molecule has 1 amide bonds. The molecule has 23 heavy (non-hydrogen) atoms. The van der Waals surface area contributed by atoms with Gasteiger partial charge in [0.05, 0.1) is 12.0 Å². The molecule has 0 spiro atoms. The molecule has 0 bridgehead atoms. The molecule has 1 N–H and O–H groups in total. The minimum atomic E-state index is -3.32. The quantitative estimate of drug-likeness (QED) is 0.874. The van der Waals surface area contributed by atoms with Gasteiger partial charge in [0.25, 0.3) is 5.91 Å². The van der Waals surface area contributed by atoms with Gasteiger partial charge in [0.2, 0.25) is 0 Å². The highest BCUT2D eigenvalue weighted by atomic mass is 32.2. The summed E-state index contributed by atoms with van der Waals surface area (Å²) < 4.78 is 33.5. The monoisotopic (exact) mass is 335 g/mol. The Bertz CT molecular complexity index is 802. The summed E-state index contributed by atoms with van der Waals surface area (Å²) in [7, 11) is -1.81. The number of carbonyl (C=O) groups is 1. The summed E-state index contributed by atoms with van der Waals surface area (Å²) in [6.07, 6.45) is 1.11. The van der Waals surface area contributed by atoms with Crippen molar-refractivity contribution in [1.29, 1.82) is 0 Å². The molecule has 0 saturated heterocycles. The predicted molar refractivity (Wildman–Crippen MR) is 86.7 cm³/mol. The smallest absolute Gasteiger partial charge is 0.262 e. The van der Waals surface area contributed by atoms with Gasteiger partial charge in [-0.3, -0.25) is 4.79 Å². The summed E-state index contributed by atoms with van der Waals surface area (Å²) in [5, 5.41) is 2.59. The van der Waals surface area contributed by atoms with Crippen molar-refractivity contribution in [2.24, 2.45) is 0 Å². The highest BCUT2D eigenvalue weighted by Crippen LogP contribution is 2.25. The first-order chi connectivity index (χ1) is 10.9. The number of methoxy groups -OCH3 is 1. The number of carbonyl (C=O) groups excluding carboxylic acids is 1. The van der Waals surface area contributed by atoms with E-state index in [9.17, 15) is 13.2 Å². The molecule has 0 aliphatic rings. The second-order valence-corrected chi connectivity index (χ2v) is 6.80. The molecule has 0 atom stereocenters. The molecular weight excluding hydrogens is 318 g/mol. The van der Waals surface area contributed by atoms with E-state index in [0.717, 1.165) is 6.26 Å². The van der Waals surface area contributed by atoms with Crippen LogP contribution in [0.1, 0.15) is 0 Å². The zero-order valence-electron chi connectivity index (χ0n) is 12.8. The Kier molecular flexibility index (Phi) is 5.23. The first-order valence-corrected chi connectivity index (χ1v) is 8.65. The van der Waals surface area contributed by atoms with Gasteiger partial charge in [0.1, 0.15) is 0 Å². The van der Waals surface area contributed by atoms with Crippen molar-refractivity contribution in [3.8, 4) is 11.5 Å². The molecule has 122 valence electrons. The minimum absolute atomic E-state index is 0.140. The lowest BCUT2D eigenvalue weighted by Gasteiger charge is -2.11. The fraction of sp³-hybridized carbons (Fsp3) is 0.188. The van der Waals surface area contributed by atoms with Gasteiger partial charge in [0.15, 0.2) is 27.9 Å². The third-order valence-corrected chi connectivity index (χ3v) is 4.08. The normalized spacial score (nSPS) is 10.9. The van der Waals surface area contributed by atoms with Gasteiger partial charge >= 0.3 is 0 Å². The van der Waals surface area contributed by atoms with Crippen LogP contribution in [-0.4, -0.2) is 34.3 Å². The molecule has 0 radical (unpaired) electrons. The number of nitrogens with one attached hydrogen (secondary N) is 1. The lowest BCUT2D eigenvalue weighted by atomic mass is 10.3. The van der Waals surface area contributed by atoms with E-state index in [1.807, 2.05) is 0 Å². The van der Waals surface area contributed by atoms with Crippen molar-refractivity contribution < 1.29 is 22.7 Å². The van der Waals surface area contributed by atoms with E-state index in [4.69, 9.17) is 9.47 Å². The topological polar surface area (TPSA) is 81.7 Å². The molecular formula is C16H17NO5S. The van der Waals surface area contributed by atoms with Gasteiger partial charge < -0.3 is 14.8 Å². The fourth-order valence-electron chi connectivity index (χ4n) is 1.88. The van der Waals surface area contributed by atoms with E-state index in [2.05, 4.69) is 5.32 Å². The lowest BCUT2D eigenvalue weighted by Crippen LogP contribution is -2.20. The third-order valence-electron chi connectivity index (χ3n) is 2.97. The number of anilines is 1. The van der Waals surface area contributed by atoms with E-state index >= 15 is 0 Å². The van der Waals surface area contributed by atoms with Crippen LogP contribution >= 0.6 is 0 Å². The van der Waals surface area contributed by atoms with Gasteiger partial charge in [-0.25, -0.2) is 8.42 Å². The van der Waals surface area contributed by atoms with E-state index in [-0.39, 0.29) is 11.5 Å². The van der Waals surface area contributed by atoms with Gasteiger partial charge in [-0.15, -0.1) is 0 Å². The van der Waals surface area contributed by atoms with E-state index in [0.29, 0.717) is 17.2 Å². The van der Waals surface area contributed by atoms with Crippen LogP contribution in [0, 0.1) is 0 Å². The van der Waals surface area contributed by atoms with Crippen LogP contribution < -0.4 is 14.8 Å². The van der Waals surface area contributed by atoms with Gasteiger partial charge in [0, 0.05) is 11.9 Å².